The molecule has 23 heavy (non-hydrogen) atoms. The van der Waals surface area contributed by atoms with Crippen molar-refractivity contribution in [2.75, 3.05) is 31.3 Å². The molecular formula is C14H18N2O6S. The number of amides is 1. The highest BCUT2D eigenvalue weighted by Gasteiger charge is 2.28. The van der Waals surface area contributed by atoms with Crippen molar-refractivity contribution in [2.45, 2.75) is 12.8 Å². The van der Waals surface area contributed by atoms with E-state index in [4.69, 9.17) is 9.84 Å². The number of methoxy groups -OCH3 is 1. The number of sulfonamides is 1. The van der Waals surface area contributed by atoms with Crippen LogP contribution in [0.3, 0.4) is 0 Å². The number of rotatable bonds is 6. The van der Waals surface area contributed by atoms with E-state index in [1.165, 1.54) is 29.6 Å². The Kier molecular flexibility index (Phi) is 5.22. The smallest absolute Gasteiger partial charge is 0.339 e. The quantitative estimate of drug-likeness (QED) is 0.789. The first-order chi connectivity index (χ1) is 10.8. The summed E-state index contributed by atoms with van der Waals surface area (Å²) in [4.78, 5) is 22.9. The number of hydrogen-bond donors (Lipinski definition) is 2. The number of carboxylic acids is 1. The molecule has 1 heterocycles. The molecule has 8 nitrogen and oxygen atoms in total. The number of ether oxygens (including phenoxy) is 1. The molecule has 0 aliphatic carbocycles. The Labute approximate surface area is 134 Å². The van der Waals surface area contributed by atoms with E-state index in [0.29, 0.717) is 18.7 Å². The average molecular weight is 342 g/mol. The topological polar surface area (TPSA) is 113 Å². The van der Waals surface area contributed by atoms with Crippen LogP contribution in [-0.2, 0) is 14.8 Å². The third-order valence-electron chi connectivity index (χ3n) is 3.51. The van der Waals surface area contributed by atoms with Crippen LogP contribution in [-0.4, -0.2) is 55.7 Å². The van der Waals surface area contributed by atoms with Gasteiger partial charge in [-0.25, -0.2) is 17.5 Å². The van der Waals surface area contributed by atoms with Crippen LogP contribution in [0.2, 0.25) is 0 Å². The van der Waals surface area contributed by atoms with Gasteiger partial charge in [-0.1, -0.05) is 0 Å². The van der Waals surface area contributed by atoms with Crippen LogP contribution in [0.1, 0.15) is 23.2 Å². The largest absolute Gasteiger partial charge is 0.496 e. The van der Waals surface area contributed by atoms with Gasteiger partial charge in [-0.2, -0.15) is 0 Å². The number of carbonyl (C=O) groups excluding carboxylic acids is 1. The summed E-state index contributed by atoms with van der Waals surface area (Å²) in [6, 6.07) is 4.20. The van der Waals surface area contributed by atoms with Crippen molar-refractivity contribution in [3.05, 3.63) is 23.8 Å². The lowest BCUT2D eigenvalue weighted by atomic mass is 10.2. The van der Waals surface area contributed by atoms with Crippen molar-refractivity contribution >= 4 is 27.6 Å². The summed E-state index contributed by atoms with van der Waals surface area (Å²) >= 11 is 0. The number of hydrogen-bond acceptors (Lipinski definition) is 5. The van der Waals surface area contributed by atoms with E-state index in [-0.39, 0.29) is 35.9 Å². The molecule has 1 aromatic rings. The summed E-state index contributed by atoms with van der Waals surface area (Å²) in [7, 11) is -1.87. The predicted molar refractivity (Wildman–Crippen MR) is 83.2 cm³/mol. The minimum atomic E-state index is -3.21. The maximum atomic E-state index is 11.9. The van der Waals surface area contributed by atoms with E-state index in [1.807, 2.05) is 0 Å². The Morgan fingerprint density at radius 2 is 2.13 bits per heavy atom. The zero-order chi connectivity index (χ0) is 17.0. The Morgan fingerprint density at radius 3 is 2.70 bits per heavy atom. The number of nitrogens with one attached hydrogen (secondary N) is 1. The molecule has 0 radical (unpaired) electrons. The van der Waals surface area contributed by atoms with E-state index in [0.717, 1.165) is 0 Å². The first-order valence-electron chi connectivity index (χ1n) is 7.02. The molecule has 1 fully saturated rings. The SMILES string of the molecule is COc1cc(NC(=O)CCN2CCCS2(=O)=O)ccc1C(=O)O. The van der Waals surface area contributed by atoms with Crippen LogP contribution in [0.4, 0.5) is 5.69 Å². The number of nitrogens with zero attached hydrogens (tertiary/aromatic N) is 1. The van der Waals surface area contributed by atoms with Crippen LogP contribution in [0.25, 0.3) is 0 Å². The van der Waals surface area contributed by atoms with Gasteiger partial charge in [-0.15, -0.1) is 0 Å². The molecular weight excluding hydrogens is 324 g/mol. The monoisotopic (exact) mass is 342 g/mol. The molecule has 1 aliphatic rings. The lowest BCUT2D eigenvalue weighted by Crippen LogP contribution is -2.29. The Balaban J connectivity index is 1.96. The van der Waals surface area contributed by atoms with E-state index in [9.17, 15) is 18.0 Å². The highest BCUT2D eigenvalue weighted by atomic mass is 32.2. The van der Waals surface area contributed by atoms with Crippen molar-refractivity contribution in [1.29, 1.82) is 0 Å². The number of carbonyl (C=O) groups is 2. The van der Waals surface area contributed by atoms with Gasteiger partial charge in [-0.05, 0) is 18.6 Å². The van der Waals surface area contributed by atoms with E-state index >= 15 is 0 Å². The number of anilines is 1. The van der Waals surface area contributed by atoms with Gasteiger partial charge in [-0.3, -0.25) is 4.79 Å². The highest BCUT2D eigenvalue weighted by Crippen LogP contribution is 2.23. The maximum absolute atomic E-state index is 11.9. The van der Waals surface area contributed by atoms with Gasteiger partial charge in [0.05, 0.1) is 12.9 Å². The standard InChI is InChI=1S/C14H18N2O6S/c1-22-12-9-10(3-4-11(12)14(18)19)15-13(17)5-7-16-6-2-8-23(16,20)21/h3-4,9H,2,5-8H2,1H3,(H,15,17)(H,18,19). The summed E-state index contributed by atoms with van der Waals surface area (Å²) in [5.41, 5.74) is 0.384. The fourth-order valence-corrected chi connectivity index (χ4v) is 3.87. The number of carboxylic acid groups (broad SMARTS) is 1. The molecule has 0 bridgehead atoms. The molecule has 2 N–H and O–H groups in total. The van der Waals surface area contributed by atoms with Gasteiger partial charge in [0.25, 0.3) is 0 Å². The second-order valence-corrected chi connectivity index (χ2v) is 7.18. The van der Waals surface area contributed by atoms with Crippen LogP contribution < -0.4 is 10.1 Å². The molecule has 1 saturated heterocycles. The van der Waals surface area contributed by atoms with Gasteiger partial charge in [0.1, 0.15) is 11.3 Å². The van der Waals surface area contributed by atoms with Crippen molar-refractivity contribution in [3.8, 4) is 5.75 Å². The third kappa shape index (κ3) is 4.20. The maximum Gasteiger partial charge on any atom is 0.339 e. The lowest BCUT2D eigenvalue weighted by Gasteiger charge is -2.14. The molecule has 1 aliphatic heterocycles. The summed E-state index contributed by atoms with van der Waals surface area (Å²) in [6.07, 6.45) is 0.611. The second-order valence-electron chi connectivity index (χ2n) is 5.09. The molecule has 0 aromatic heterocycles. The molecule has 9 heteroatoms. The summed E-state index contributed by atoms with van der Waals surface area (Å²) in [6.45, 7) is 0.579. The summed E-state index contributed by atoms with van der Waals surface area (Å²) in [5, 5.41) is 11.6. The molecule has 0 spiro atoms. The summed E-state index contributed by atoms with van der Waals surface area (Å²) in [5.74, 6) is -1.21. The van der Waals surface area contributed by atoms with E-state index < -0.39 is 16.0 Å². The number of benzene rings is 1. The van der Waals surface area contributed by atoms with Gasteiger partial charge < -0.3 is 15.2 Å². The average Bonchev–Trinajstić information content (AvgIpc) is 2.83. The van der Waals surface area contributed by atoms with E-state index in [2.05, 4.69) is 5.32 Å². The first-order valence-corrected chi connectivity index (χ1v) is 8.63. The molecule has 0 atom stereocenters. The highest BCUT2D eigenvalue weighted by molar-refractivity contribution is 7.89. The normalized spacial score (nSPS) is 16.9. The fraction of sp³-hybridized carbons (Fsp3) is 0.429. The van der Waals surface area contributed by atoms with Gasteiger partial charge >= 0.3 is 5.97 Å². The molecule has 1 amide bonds. The first kappa shape index (κ1) is 17.2. The molecule has 126 valence electrons. The molecule has 2 rings (SSSR count). The minimum Gasteiger partial charge on any atom is -0.496 e. The van der Waals surface area contributed by atoms with Crippen molar-refractivity contribution in [2.24, 2.45) is 0 Å². The third-order valence-corrected chi connectivity index (χ3v) is 5.46. The van der Waals surface area contributed by atoms with Crippen LogP contribution in [0.5, 0.6) is 5.75 Å². The fourth-order valence-electron chi connectivity index (χ4n) is 2.34. The van der Waals surface area contributed by atoms with Crippen LogP contribution >= 0.6 is 0 Å². The molecule has 0 saturated carbocycles. The van der Waals surface area contributed by atoms with Crippen LogP contribution in [0, 0.1) is 0 Å². The van der Waals surface area contributed by atoms with Gasteiger partial charge in [0.2, 0.25) is 15.9 Å². The van der Waals surface area contributed by atoms with Crippen molar-refractivity contribution < 1.29 is 27.9 Å². The van der Waals surface area contributed by atoms with Gasteiger partial charge in [0, 0.05) is 31.3 Å². The zero-order valence-corrected chi connectivity index (χ0v) is 13.4. The Hall–Kier alpha value is -2.13. The minimum absolute atomic E-state index is 0.00587. The van der Waals surface area contributed by atoms with Crippen molar-refractivity contribution in [1.82, 2.24) is 4.31 Å². The van der Waals surface area contributed by atoms with E-state index in [1.54, 1.807) is 0 Å². The van der Waals surface area contributed by atoms with Gasteiger partial charge in [0.15, 0.2) is 0 Å². The lowest BCUT2D eigenvalue weighted by molar-refractivity contribution is -0.116. The number of aromatic carboxylic acids is 1. The second kappa shape index (κ2) is 6.97. The Morgan fingerprint density at radius 1 is 1.39 bits per heavy atom. The Bertz CT molecular complexity index is 716. The predicted octanol–water partition coefficient (Wildman–Crippen LogP) is 0.758. The molecule has 0 unspecified atom stereocenters. The van der Waals surface area contributed by atoms with Crippen molar-refractivity contribution in [3.63, 3.8) is 0 Å². The molecule has 1 aromatic carbocycles. The summed E-state index contributed by atoms with van der Waals surface area (Å²) < 4.78 is 29.6. The van der Waals surface area contributed by atoms with Crippen LogP contribution in [0.15, 0.2) is 18.2 Å². The zero-order valence-electron chi connectivity index (χ0n) is 12.6.